The lowest BCUT2D eigenvalue weighted by molar-refractivity contribution is -0.294. The molecule has 156 valence electrons. The fraction of sp³-hybridized carbons (Fsp3) is 0.333. The summed E-state index contributed by atoms with van der Waals surface area (Å²) >= 11 is 3.29. The Morgan fingerprint density at radius 1 is 1.28 bits per heavy atom. The zero-order chi connectivity index (χ0) is 21.4. The number of alkyl halides is 3. The van der Waals surface area contributed by atoms with E-state index in [9.17, 15) is 27.9 Å². The van der Waals surface area contributed by atoms with E-state index in [0.29, 0.717) is 11.3 Å². The van der Waals surface area contributed by atoms with Crippen molar-refractivity contribution < 1.29 is 37.0 Å². The molecule has 1 aromatic heterocycles. The van der Waals surface area contributed by atoms with E-state index in [2.05, 4.69) is 21.2 Å². The lowest BCUT2D eigenvalue weighted by Crippen LogP contribution is -2.73. The van der Waals surface area contributed by atoms with Gasteiger partial charge in [-0.15, -0.1) is 0 Å². The number of hydrogen-bond donors (Lipinski definition) is 3. The Morgan fingerprint density at radius 2 is 1.93 bits per heavy atom. The number of esters is 1. The molecule has 0 aliphatic carbocycles. The number of nitrogens with one attached hydrogen (secondary N) is 2. The smallest absolute Gasteiger partial charge is 0.437 e. The van der Waals surface area contributed by atoms with Crippen LogP contribution in [0.2, 0.25) is 0 Å². The molecular formula is C18H16BrF3N2O5. The Kier molecular flexibility index (Phi) is 5.63. The summed E-state index contributed by atoms with van der Waals surface area (Å²) in [5.74, 6) is -3.41. The van der Waals surface area contributed by atoms with E-state index in [0.717, 1.165) is 4.47 Å². The van der Waals surface area contributed by atoms with Gasteiger partial charge in [-0.1, -0.05) is 28.1 Å². The molecule has 0 bridgehead atoms. The third-order valence-corrected chi connectivity index (χ3v) is 4.94. The third-order valence-electron chi connectivity index (χ3n) is 4.41. The standard InChI is InChI=1S/C18H16BrF3N2O5/c1-2-28-15(25)13-14(23-16(26)24-17(13,27)18(20,21)22)12-8-7-11(29-12)9-3-5-10(19)6-4-9/h3-8,13-14,27H,2H2,1H3,(H2,23,24,26)/t13-,14+,17+/m0/s1. The Bertz CT molecular complexity index is 915. The van der Waals surface area contributed by atoms with Gasteiger partial charge in [-0.25, -0.2) is 4.79 Å². The molecule has 1 fully saturated rings. The molecule has 11 heteroatoms. The Balaban J connectivity index is 2.04. The van der Waals surface area contributed by atoms with Gasteiger partial charge in [-0.3, -0.25) is 4.79 Å². The fourth-order valence-corrected chi connectivity index (χ4v) is 3.33. The molecule has 2 heterocycles. The van der Waals surface area contributed by atoms with Gasteiger partial charge in [0, 0.05) is 10.0 Å². The Hall–Kier alpha value is -2.53. The third kappa shape index (κ3) is 3.97. The van der Waals surface area contributed by atoms with Gasteiger partial charge in [0.2, 0.25) is 0 Å². The highest BCUT2D eigenvalue weighted by molar-refractivity contribution is 9.10. The molecule has 3 atom stereocenters. The molecule has 0 saturated carbocycles. The second-order valence-corrected chi connectivity index (χ2v) is 7.19. The van der Waals surface area contributed by atoms with Crippen molar-refractivity contribution in [2.75, 3.05) is 6.61 Å². The van der Waals surface area contributed by atoms with Crippen LogP contribution < -0.4 is 10.6 Å². The highest BCUT2D eigenvalue weighted by Crippen LogP contribution is 2.43. The van der Waals surface area contributed by atoms with Crippen molar-refractivity contribution >= 4 is 27.9 Å². The molecule has 29 heavy (non-hydrogen) atoms. The van der Waals surface area contributed by atoms with E-state index in [-0.39, 0.29) is 12.4 Å². The molecule has 0 spiro atoms. The van der Waals surface area contributed by atoms with Gasteiger partial charge in [-0.05, 0) is 31.2 Å². The van der Waals surface area contributed by atoms with Crippen LogP contribution in [0.5, 0.6) is 0 Å². The van der Waals surface area contributed by atoms with Crippen molar-refractivity contribution in [3.63, 3.8) is 0 Å². The molecule has 3 rings (SSSR count). The second-order valence-electron chi connectivity index (χ2n) is 6.28. The van der Waals surface area contributed by atoms with Crippen LogP contribution in [0.4, 0.5) is 18.0 Å². The fourth-order valence-electron chi connectivity index (χ4n) is 3.06. The maximum absolute atomic E-state index is 13.6. The number of urea groups is 1. The van der Waals surface area contributed by atoms with Gasteiger partial charge >= 0.3 is 18.2 Å². The summed E-state index contributed by atoms with van der Waals surface area (Å²) in [4.78, 5) is 24.2. The van der Waals surface area contributed by atoms with E-state index >= 15 is 0 Å². The molecule has 0 unspecified atom stereocenters. The summed E-state index contributed by atoms with van der Waals surface area (Å²) in [5.41, 5.74) is -3.21. The number of halogens is 4. The number of ether oxygens (including phenoxy) is 1. The molecule has 7 nitrogen and oxygen atoms in total. The molecule has 2 aromatic rings. The summed E-state index contributed by atoms with van der Waals surface area (Å²) < 4.78 is 52.0. The van der Waals surface area contributed by atoms with Gasteiger partial charge in [0.05, 0.1) is 6.61 Å². The minimum absolute atomic E-state index is 0.140. The Morgan fingerprint density at radius 3 is 2.52 bits per heavy atom. The summed E-state index contributed by atoms with van der Waals surface area (Å²) in [6, 6.07) is 6.81. The minimum atomic E-state index is -5.35. The number of furan rings is 1. The van der Waals surface area contributed by atoms with Crippen molar-refractivity contribution in [1.82, 2.24) is 10.6 Å². The van der Waals surface area contributed by atoms with E-state index in [1.165, 1.54) is 24.4 Å². The highest BCUT2D eigenvalue weighted by Gasteiger charge is 2.67. The van der Waals surface area contributed by atoms with Crippen LogP contribution in [0, 0.1) is 5.92 Å². The summed E-state index contributed by atoms with van der Waals surface area (Å²) in [7, 11) is 0. The number of carbonyl (C=O) groups is 2. The van der Waals surface area contributed by atoms with Gasteiger partial charge in [-0.2, -0.15) is 13.2 Å². The lowest BCUT2D eigenvalue weighted by atomic mass is 9.84. The second kappa shape index (κ2) is 7.71. The molecule has 3 N–H and O–H groups in total. The molecule has 1 saturated heterocycles. The van der Waals surface area contributed by atoms with Crippen LogP contribution in [-0.4, -0.2) is 35.6 Å². The van der Waals surface area contributed by atoms with Crippen molar-refractivity contribution in [2.24, 2.45) is 5.92 Å². The Labute approximate surface area is 171 Å². The van der Waals surface area contributed by atoms with E-state index in [1.54, 1.807) is 24.3 Å². The van der Waals surface area contributed by atoms with Crippen LogP contribution in [0.15, 0.2) is 45.3 Å². The van der Waals surface area contributed by atoms with Gasteiger partial charge in [0.1, 0.15) is 23.5 Å². The summed E-state index contributed by atoms with van der Waals surface area (Å²) in [6.45, 7) is 1.19. The minimum Gasteiger partial charge on any atom is -0.466 e. The van der Waals surface area contributed by atoms with Gasteiger partial charge in [0.25, 0.3) is 5.72 Å². The van der Waals surface area contributed by atoms with Crippen molar-refractivity contribution in [3.05, 3.63) is 46.6 Å². The maximum Gasteiger partial charge on any atom is 0.437 e. The number of benzene rings is 1. The predicted molar refractivity (Wildman–Crippen MR) is 97.4 cm³/mol. The first kappa shape index (κ1) is 21.2. The molecule has 0 radical (unpaired) electrons. The van der Waals surface area contributed by atoms with Crippen LogP contribution in [0.1, 0.15) is 18.7 Å². The summed E-state index contributed by atoms with van der Waals surface area (Å²) in [6.07, 6.45) is -5.35. The van der Waals surface area contributed by atoms with Crippen LogP contribution >= 0.6 is 15.9 Å². The van der Waals surface area contributed by atoms with E-state index < -0.39 is 35.9 Å². The molecular weight excluding hydrogens is 461 g/mol. The van der Waals surface area contributed by atoms with E-state index in [4.69, 9.17) is 9.15 Å². The first-order chi connectivity index (χ1) is 13.6. The summed E-state index contributed by atoms with van der Waals surface area (Å²) in [5, 5.41) is 13.9. The maximum atomic E-state index is 13.6. The van der Waals surface area contributed by atoms with Crippen LogP contribution in [0.3, 0.4) is 0 Å². The number of amides is 2. The van der Waals surface area contributed by atoms with Crippen LogP contribution in [0.25, 0.3) is 11.3 Å². The number of aliphatic hydroxyl groups is 1. The first-order valence-corrected chi connectivity index (χ1v) is 9.26. The number of rotatable bonds is 4. The largest absolute Gasteiger partial charge is 0.466 e. The van der Waals surface area contributed by atoms with Crippen molar-refractivity contribution in [1.29, 1.82) is 0 Å². The average Bonchev–Trinajstić information content (AvgIpc) is 3.11. The van der Waals surface area contributed by atoms with Crippen molar-refractivity contribution in [3.8, 4) is 11.3 Å². The van der Waals surface area contributed by atoms with E-state index in [1.807, 2.05) is 0 Å². The predicted octanol–water partition coefficient (Wildman–Crippen LogP) is 3.49. The SMILES string of the molecule is CCOC(=O)[C@@H]1[C@@H](c2ccc(-c3ccc(Br)cc3)o2)NC(=O)N[C@]1(O)C(F)(F)F. The monoisotopic (exact) mass is 476 g/mol. The first-order valence-electron chi connectivity index (χ1n) is 8.47. The molecule has 1 aliphatic heterocycles. The molecule has 1 aromatic carbocycles. The molecule has 1 aliphatic rings. The zero-order valence-electron chi connectivity index (χ0n) is 14.9. The lowest BCUT2D eigenvalue weighted by Gasteiger charge is -2.43. The van der Waals surface area contributed by atoms with Crippen molar-refractivity contribution in [2.45, 2.75) is 24.9 Å². The quantitative estimate of drug-likeness (QED) is 0.586. The topological polar surface area (TPSA) is 101 Å². The van der Waals surface area contributed by atoms with Crippen LogP contribution in [-0.2, 0) is 9.53 Å². The van der Waals surface area contributed by atoms with Gasteiger partial charge in [0.15, 0.2) is 0 Å². The zero-order valence-corrected chi connectivity index (χ0v) is 16.5. The average molecular weight is 477 g/mol. The van der Waals surface area contributed by atoms with Gasteiger partial charge < -0.3 is 24.9 Å². The number of hydrogen-bond acceptors (Lipinski definition) is 5. The molecule has 2 amide bonds. The number of carbonyl (C=O) groups excluding carboxylic acids is 2. The normalized spacial score (nSPS) is 24.6. The highest BCUT2D eigenvalue weighted by atomic mass is 79.9.